The average Bonchev–Trinajstić information content (AvgIpc) is 3.31. The third-order valence-electron chi connectivity index (χ3n) is 7.09. The summed E-state index contributed by atoms with van der Waals surface area (Å²) in [7, 11) is -0.318. The highest BCUT2D eigenvalue weighted by Crippen LogP contribution is 2.28. The first-order valence-corrected chi connectivity index (χ1v) is 13.4. The Morgan fingerprint density at radius 3 is 2.55 bits per heavy atom. The lowest BCUT2D eigenvalue weighted by molar-refractivity contribution is 0.0736. The number of sulfonamides is 1. The van der Waals surface area contributed by atoms with Crippen LogP contribution in [0.3, 0.4) is 0 Å². The Kier molecular flexibility index (Phi) is 7.39. The van der Waals surface area contributed by atoms with Crippen molar-refractivity contribution in [2.24, 2.45) is 0 Å². The second-order valence-corrected chi connectivity index (χ2v) is 11.2. The van der Waals surface area contributed by atoms with Gasteiger partial charge in [-0.15, -0.1) is 0 Å². The van der Waals surface area contributed by atoms with Gasteiger partial charge >= 0.3 is 0 Å². The Bertz CT molecular complexity index is 1080. The van der Waals surface area contributed by atoms with Crippen molar-refractivity contribution in [3.63, 3.8) is 0 Å². The molecule has 2 aromatic rings. The molecule has 1 saturated carbocycles. The van der Waals surface area contributed by atoms with E-state index in [1.807, 2.05) is 23.1 Å². The number of likely N-dealkylation sites (tertiary alicyclic amines) is 1. The first kappa shape index (κ1) is 23.8. The molecule has 0 N–H and O–H groups in total. The minimum Gasteiger partial charge on any atom is -0.497 e. The number of rotatable bonds is 7. The van der Waals surface area contributed by atoms with Crippen molar-refractivity contribution in [2.45, 2.75) is 68.3 Å². The molecular weight excluding hydrogens is 436 g/mol. The van der Waals surface area contributed by atoms with E-state index < -0.39 is 10.0 Å². The van der Waals surface area contributed by atoms with Gasteiger partial charge in [0.2, 0.25) is 10.0 Å². The third kappa shape index (κ3) is 5.25. The van der Waals surface area contributed by atoms with Gasteiger partial charge in [-0.25, -0.2) is 8.42 Å². The highest BCUT2D eigenvalue weighted by molar-refractivity contribution is 7.89. The molecule has 1 unspecified atom stereocenters. The number of hydrogen-bond donors (Lipinski definition) is 0. The third-order valence-corrected chi connectivity index (χ3v) is 9.00. The van der Waals surface area contributed by atoms with Gasteiger partial charge in [-0.3, -0.25) is 4.79 Å². The van der Waals surface area contributed by atoms with Crippen LogP contribution in [-0.4, -0.2) is 56.3 Å². The monoisotopic (exact) mass is 470 g/mol. The van der Waals surface area contributed by atoms with E-state index in [0.717, 1.165) is 56.3 Å². The fourth-order valence-electron chi connectivity index (χ4n) is 5.15. The summed E-state index contributed by atoms with van der Waals surface area (Å²) in [5.74, 6) is 0.709. The molecule has 1 atom stereocenters. The van der Waals surface area contributed by atoms with Crippen LogP contribution in [0.2, 0.25) is 0 Å². The summed E-state index contributed by atoms with van der Waals surface area (Å²) < 4.78 is 33.4. The van der Waals surface area contributed by atoms with Gasteiger partial charge in [0, 0.05) is 31.2 Å². The van der Waals surface area contributed by atoms with Crippen molar-refractivity contribution in [1.29, 1.82) is 0 Å². The van der Waals surface area contributed by atoms with Crippen LogP contribution in [0.15, 0.2) is 53.4 Å². The molecule has 1 aliphatic heterocycles. The van der Waals surface area contributed by atoms with Gasteiger partial charge in [-0.2, -0.15) is 4.31 Å². The van der Waals surface area contributed by atoms with Crippen molar-refractivity contribution >= 4 is 15.9 Å². The van der Waals surface area contributed by atoms with E-state index in [0.29, 0.717) is 12.1 Å². The average molecular weight is 471 g/mol. The van der Waals surface area contributed by atoms with E-state index in [1.165, 1.54) is 10.7 Å². The zero-order chi connectivity index (χ0) is 23.4. The maximum atomic E-state index is 13.4. The van der Waals surface area contributed by atoms with E-state index in [-0.39, 0.29) is 22.9 Å². The second kappa shape index (κ2) is 10.3. The van der Waals surface area contributed by atoms with Gasteiger partial charge in [0.1, 0.15) is 5.75 Å². The number of benzene rings is 2. The molecule has 178 valence electrons. The highest BCUT2D eigenvalue weighted by Gasteiger charge is 2.32. The van der Waals surface area contributed by atoms with Crippen molar-refractivity contribution < 1.29 is 17.9 Å². The summed E-state index contributed by atoms with van der Waals surface area (Å²) in [5.41, 5.74) is 1.56. The molecular formula is C26H34N2O4S. The molecule has 0 bridgehead atoms. The van der Waals surface area contributed by atoms with Gasteiger partial charge in [0.15, 0.2) is 0 Å². The van der Waals surface area contributed by atoms with Crippen LogP contribution in [0, 0.1) is 0 Å². The minimum absolute atomic E-state index is 0.0360. The Hall–Kier alpha value is -2.38. The Morgan fingerprint density at radius 1 is 1.03 bits per heavy atom. The van der Waals surface area contributed by atoms with E-state index in [9.17, 15) is 13.2 Å². The van der Waals surface area contributed by atoms with Gasteiger partial charge in [0.25, 0.3) is 5.91 Å². The van der Waals surface area contributed by atoms with Crippen LogP contribution in [0.5, 0.6) is 5.75 Å². The van der Waals surface area contributed by atoms with Crippen LogP contribution in [0.25, 0.3) is 0 Å². The summed E-state index contributed by atoms with van der Waals surface area (Å²) in [6, 6.07) is 14.6. The lowest BCUT2D eigenvalue weighted by Crippen LogP contribution is -2.38. The van der Waals surface area contributed by atoms with Gasteiger partial charge in [0.05, 0.1) is 12.0 Å². The predicted octanol–water partition coefficient (Wildman–Crippen LogP) is 4.50. The zero-order valence-electron chi connectivity index (χ0n) is 19.6. The van der Waals surface area contributed by atoms with Crippen LogP contribution >= 0.6 is 0 Å². The molecule has 0 aromatic heterocycles. The molecule has 1 saturated heterocycles. The van der Waals surface area contributed by atoms with E-state index in [4.69, 9.17) is 4.74 Å². The smallest absolute Gasteiger partial charge is 0.254 e. The fraction of sp³-hybridized carbons (Fsp3) is 0.500. The summed E-state index contributed by atoms with van der Waals surface area (Å²) in [6.45, 7) is 0.687. The van der Waals surface area contributed by atoms with Gasteiger partial charge in [-0.1, -0.05) is 37.5 Å². The number of nitrogens with zero attached hydrogens (tertiary/aromatic N) is 2. The molecule has 0 spiro atoms. The van der Waals surface area contributed by atoms with E-state index in [1.54, 1.807) is 38.4 Å². The normalized spacial score (nSPS) is 19.7. The Balaban J connectivity index is 1.51. The second-order valence-electron chi connectivity index (χ2n) is 9.19. The molecule has 6 nitrogen and oxygen atoms in total. The maximum absolute atomic E-state index is 13.4. The van der Waals surface area contributed by atoms with Crippen LogP contribution in [0.4, 0.5) is 0 Å². The number of carbonyl (C=O) groups excluding carboxylic acids is 1. The number of amides is 1. The summed E-state index contributed by atoms with van der Waals surface area (Å²) in [4.78, 5) is 15.5. The molecule has 2 fully saturated rings. The van der Waals surface area contributed by atoms with Crippen molar-refractivity contribution in [1.82, 2.24) is 9.21 Å². The lowest BCUT2D eigenvalue weighted by atomic mass is 9.96. The molecule has 4 rings (SSSR count). The number of carbonyl (C=O) groups is 1. The molecule has 2 aliphatic rings. The minimum atomic E-state index is -3.64. The first-order valence-electron chi connectivity index (χ1n) is 11.9. The summed E-state index contributed by atoms with van der Waals surface area (Å²) in [6.07, 6.45) is 7.72. The molecule has 2 aromatic carbocycles. The zero-order valence-corrected chi connectivity index (χ0v) is 20.4. The summed E-state index contributed by atoms with van der Waals surface area (Å²) >= 11 is 0. The quantitative estimate of drug-likeness (QED) is 0.598. The van der Waals surface area contributed by atoms with Crippen molar-refractivity contribution in [2.75, 3.05) is 20.7 Å². The van der Waals surface area contributed by atoms with Crippen molar-refractivity contribution in [3.8, 4) is 5.75 Å². The lowest BCUT2D eigenvalue weighted by Gasteiger charge is -2.30. The van der Waals surface area contributed by atoms with Crippen LogP contribution in [-0.2, 0) is 16.4 Å². The Morgan fingerprint density at radius 2 is 1.79 bits per heavy atom. The standard InChI is InChI=1S/C26H34N2O4S/c1-27(22-11-4-3-5-12-22)33(30,31)25-15-7-10-21(19-25)26(29)28-16-8-13-23(28)17-20-9-6-14-24(18-20)32-2/h6-7,9-10,14-15,18-19,22-23H,3-5,8,11-13,16-17H2,1-2H3. The number of methoxy groups -OCH3 is 1. The first-order chi connectivity index (χ1) is 15.9. The van der Waals surface area contributed by atoms with E-state index in [2.05, 4.69) is 6.07 Å². The molecule has 1 amide bonds. The Labute approximate surface area is 197 Å². The predicted molar refractivity (Wildman–Crippen MR) is 129 cm³/mol. The van der Waals surface area contributed by atoms with Gasteiger partial charge < -0.3 is 9.64 Å². The van der Waals surface area contributed by atoms with Gasteiger partial charge in [-0.05, 0) is 68.0 Å². The molecule has 7 heteroatoms. The largest absolute Gasteiger partial charge is 0.497 e. The maximum Gasteiger partial charge on any atom is 0.254 e. The molecule has 33 heavy (non-hydrogen) atoms. The SMILES string of the molecule is COc1cccc(CC2CCCN2C(=O)c2cccc(S(=O)(=O)N(C)C3CCCCC3)c2)c1. The highest BCUT2D eigenvalue weighted by atomic mass is 32.2. The molecule has 1 heterocycles. The fourth-order valence-corrected chi connectivity index (χ4v) is 6.61. The molecule has 1 aliphatic carbocycles. The number of ether oxygens (including phenoxy) is 1. The van der Waals surface area contributed by atoms with E-state index >= 15 is 0 Å². The number of hydrogen-bond acceptors (Lipinski definition) is 4. The molecule has 0 radical (unpaired) electrons. The summed E-state index contributed by atoms with van der Waals surface area (Å²) in [5, 5.41) is 0. The van der Waals surface area contributed by atoms with Crippen LogP contribution in [0.1, 0.15) is 60.9 Å². The van der Waals surface area contributed by atoms with Crippen LogP contribution < -0.4 is 4.74 Å². The van der Waals surface area contributed by atoms with Crippen molar-refractivity contribution in [3.05, 3.63) is 59.7 Å². The topological polar surface area (TPSA) is 66.9 Å².